The lowest BCUT2D eigenvalue weighted by molar-refractivity contribution is 0.0952. The van der Waals surface area contributed by atoms with Crippen molar-refractivity contribution in [1.29, 1.82) is 0 Å². The zero-order valence-corrected chi connectivity index (χ0v) is 18.5. The number of carbonyl (C=O) groups excluding carboxylic acids is 1. The number of amides is 1. The molecule has 6 nitrogen and oxygen atoms in total. The fourth-order valence-electron chi connectivity index (χ4n) is 3.75. The number of hydrogen-bond acceptors (Lipinski definition) is 3. The van der Waals surface area contributed by atoms with Crippen LogP contribution in [-0.2, 0) is 12.1 Å². The topological polar surface area (TPSA) is 75.6 Å². The van der Waals surface area contributed by atoms with Crippen molar-refractivity contribution in [3.63, 3.8) is 0 Å². The molecular formula is C24H29N5O. The van der Waals surface area contributed by atoms with Gasteiger partial charge in [0.1, 0.15) is 0 Å². The lowest BCUT2D eigenvalue weighted by Crippen LogP contribution is -2.25. The smallest absolute Gasteiger partial charge is 0.252 e. The maximum Gasteiger partial charge on any atom is 0.252 e. The van der Waals surface area contributed by atoms with E-state index in [1.807, 2.05) is 35.9 Å². The number of aromatic nitrogens is 4. The summed E-state index contributed by atoms with van der Waals surface area (Å²) in [5, 5.41) is 9.75. The number of carbonyl (C=O) groups is 1. The number of aryl methyl sites for hydroxylation is 1. The Balaban J connectivity index is 1.72. The highest BCUT2D eigenvalue weighted by atomic mass is 16.1. The fourth-order valence-corrected chi connectivity index (χ4v) is 3.75. The molecule has 0 unspecified atom stereocenters. The van der Waals surface area contributed by atoms with E-state index in [0.29, 0.717) is 12.1 Å². The monoisotopic (exact) mass is 403 g/mol. The second-order valence-electron chi connectivity index (χ2n) is 9.18. The molecule has 0 spiro atoms. The van der Waals surface area contributed by atoms with Gasteiger partial charge in [-0.25, -0.2) is 9.67 Å². The second kappa shape index (κ2) is 7.27. The summed E-state index contributed by atoms with van der Waals surface area (Å²) in [4.78, 5) is 21.5. The molecule has 0 bridgehead atoms. The lowest BCUT2D eigenvalue weighted by atomic mass is 10.0. The molecule has 0 radical (unpaired) electrons. The van der Waals surface area contributed by atoms with Gasteiger partial charge in [0.15, 0.2) is 5.65 Å². The van der Waals surface area contributed by atoms with Gasteiger partial charge in [0.2, 0.25) is 0 Å². The van der Waals surface area contributed by atoms with Crippen LogP contribution in [0, 0.1) is 6.92 Å². The molecule has 0 aliphatic heterocycles. The third kappa shape index (κ3) is 3.58. The summed E-state index contributed by atoms with van der Waals surface area (Å²) in [6.45, 7) is 12.8. The van der Waals surface area contributed by atoms with Crippen LogP contribution in [0.3, 0.4) is 0 Å². The molecule has 6 heteroatoms. The Morgan fingerprint density at radius 1 is 1.20 bits per heavy atom. The summed E-state index contributed by atoms with van der Waals surface area (Å²) >= 11 is 0. The minimum atomic E-state index is -0.229. The van der Waals surface area contributed by atoms with E-state index in [1.165, 1.54) is 0 Å². The number of pyridine rings is 1. The molecule has 3 heterocycles. The van der Waals surface area contributed by atoms with Crippen LogP contribution >= 0.6 is 0 Å². The van der Waals surface area contributed by atoms with E-state index in [9.17, 15) is 4.79 Å². The number of nitrogens with zero attached hydrogens (tertiary/aromatic N) is 3. The number of fused-ring (bicyclic) bond motifs is 2. The minimum Gasteiger partial charge on any atom is -0.357 e. The molecule has 1 amide bonds. The van der Waals surface area contributed by atoms with Crippen molar-refractivity contribution in [1.82, 2.24) is 25.1 Å². The van der Waals surface area contributed by atoms with Crippen molar-refractivity contribution in [3.05, 3.63) is 59.0 Å². The summed E-state index contributed by atoms with van der Waals surface area (Å²) in [6.07, 6.45) is 0. The molecule has 0 atom stereocenters. The zero-order valence-electron chi connectivity index (χ0n) is 18.5. The lowest BCUT2D eigenvalue weighted by Gasteiger charge is -2.20. The van der Waals surface area contributed by atoms with Crippen LogP contribution in [0.2, 0.25) is 0 Å². The number of aromatic amines is 1. The molecule has 0 fully saturated rings. The maximum absolute atomic E-state index is 13.2. The Labute approximate surface area is 176 Å². The van der Waals surface area contributed by atoms with Crippen molar-refractivity contribution in [2.75, 3.05) is 0 Å². The predicted octanol–water partition coefficient (Wildman–Crippen LogP) is 5.03. The zero-order chi connectivity index (χ0) is 21.6. The fraction of sp³-hybridized carbons (Fsp3) is 0.375. The first-order valence-corrected chi connectivity index (χ1v) is 10.4. The number of hydrogen-bond donors (Lipinski definition) is 2. The van der Waals surface area contributed by atoms with Crippen LogP contribution in [0.5, 0.6) is 0 Å². The average Bonchev–Trinajstić information content (AvgIpc) is 3.26. The van der Waals surface area contributed by atoms with Gasteiger partial charge in [0.25, 0.3) is 5.91 Å². The van der Waals surface area contributed by atoms with Crippen molar-refractivity contribution >= 4 is 27.8 Å². The van der Waals surface area contributed by atoms with E-state index in [0.717, 1.165) is 39.0 Å². The van der Waals surface area contributed by atoms with Gasteiger partial charge in [0.05, 0.1) is 28.7 Å². The van der Waals surface area contributed by atoms with Crippen LogP contribution in [0.15, 0.2) is 36.4 Å². The Hall–Kier alpha value is -3.15. The number of para-hydroxylation sites is 1. The van der Waals surface area contributed by atoms with E-state index >= 15 is 0 Å². The number of H-pyrrole nitrogens is 1. The van der Waals surface area contributed by atoms with Crippen LogP contribution in [0.25, 0.3) is 21.9 Å². The average molecular weight is 404 g/mol. The molecule has 0 saturated carbocycles. The molecule has 156 valence electrons. The molecule has 1 aromatic carbocycles. The highest BCUT2D eigenvalue weighted by molar-refractivity contribution is 6.06. The van der Waals surface area contributed by atoms with Crippen LogP contribution in [0.4, 0.5) is 0 Å². The summed E-state index contributed by atoms with van der Waals surface area (Å²) in [5.41, 5.74) is 4.92. The Bertz CT molecular complexity index is 1210. The molecule has 0 aliphatic rings. The summed E-state index contributed by atoms with van der Waals surface area (Å²) < 4.78 is 1.93. The largest absolute Gasteiger partial charge is 0.357 e. The standard InChI is InChI=1S/C24H29N5O/c1-14(2)20-12-18(21-15(3)28-29(22(21)27-20)24(4,5)6)23(30)25-13-17-11-16-9-7-8-10-19(16)26-17/h7-12,14,26H,13H2,1-6H3,(H,25,30). The SMILES string of the molecule is Cc1nn(C(C)(C)C)c2nc(C(C)C)cc(C(=O)NCc3cc4ccccc4[nH]3)c12. The summed E-state index contributed by atoms with van der Waals surface area (Å²) in [7, 11) is 0. The van der Waals surface area contributed by atoms with Crippen LogP contribution < -0.4 is 5.32 Å². The number of benzene rings is 1. The molecule has 30 heavy (non-hydrogen) atoms. The van der Waals surface area contributed by atoms with Crippen molar-refractivity contribution in [2.24, 2.45) is 0 Å². The Morgan fingerprint density at radius 2 is 1.93 bits per heavy atom. The van der Waals surface area contributed by atoms with Crippen molar-refractivity contribution in [2.45, 2.75) is 59.5 Å². The minimum absolute atomic E-state index is 0.112. The van der Waals surface area contributed by atoms with Gasteiger partial charge in [-0.3, -0.25) is 4.79 Å². The molecule has 4 rings (SSSR count). The van der Waals surface area contributed by atoms with Crippen LogP contribution in [-0.4, -0.2) is 25.7 Å². The van der Waals surface area contributed by atoms with Gasteiger partial charge in [-0.15, -0.1) is 0 Å². The van der Waals surface area contributed by atoms with E-state index in [2.05, 4.69) is 57.1 Å². The van der Waals surface area contributed by atoms with E-state index in [-0.39, 0.29) is 17.4 Å². The van der Waals surface area contributed by atoms with E-state index in [4.69, 9.17) is 10.1 Å². The third-order valence-electron chi connectivity index (χ3n) is 5.33. The Morgan fingerprint density at radius 3 is 2.60 bits per heavy atom. The van der Waals surface area contributed by atoms with Gasteiger partial charge in [-0.05, 0) is 57.2 Å². The van der Waals surface area contributed by atoms with Gasteiger partial charge in [0, 0.05) is 16.9 Å². The van der Waals surface area contributed by atoms with Gasteiger partial charge < -0.3 is 10.3 Å². The summed E-state index contributed by atoms with van der Waals surface area (Å²) in [5.74, 6) is 0.0952. The molecule has 0 aliphatic carbocycles. The summed E-state index contributed by atoms with van der Waals surface area (Å²) in [6, 6.07) is 12.1. The van der Waals surface area contributed by atoms with Crippen molar-refractivity contribution in [3.8, 4) is 0 Å². The van der Waals surface area contributed by atoms with Gasteiger partial charge in [-0.2, -0.15) is 5.10 Å². The first kappa shape index (κ1) is 20.1. The first-order chi connectivity index (χ1) is 14.1. The Kier molecular flexibility index (Phi) is 4.88. The van der Waals surface area contributed by atoms with Gasteiger partial charge in [-0.1, -0.05) is 32.0 Å². The highest BCUT2D eigenvalue weighted by Crippen LogP contribution is 2.29. The molecule has 2 N–H and O–H groups in total. The van der Waals surface area contributed by atoms with Crippen molar-refractivity contribution < 1.29 is 4.79 Å². The number of rotatable bonds is 4. The second-order valence-corrected chi connectivity index (χ2v) is 9.18. The normalized spacial score (nSPS) is 12.2. The maximum atomic E-state index is 13.2. The predicted molar refractivity (Wildman–Crippen MR) is 121 cm³/mol. The van der Waals surface area contributed by atoms with Crippen LogP contribution in [0.1, 0.15) is 68.0 Å². The molecule has 4 aromatic rings. The quantitative estimate of drug-likeness (QED) is 0.502. The van der Waals surface area contributed by atoms with E-state index in [1.54, 1.807) is 0 Å². The molecule has 0 saturated heterocycles. The number of nitrogens with one attached hydrogen (secondary N) is 2. The van der Waals surface area contributed by atoms with Gasteiger partial charge >= 0.3 is 0 Å². The molecule has 3 aromatic heterocycles. The molecular weight excluding hydrogens is 374 g/mol. The first-order valence-electron chi connectivity index (χ1n) is 10.4. The third-order valence-corrected chi connectivity index (χ3v) is 5.33. The highest BCUT2D eigenvalue weighted by Gasteiger charge is 2.25. The van der Waals surface area contributed by atoms with E-state index < -0.39 is 0 Å².